The molecule has 1 atom stereocenters. The van der Waals surface area contributed by atoms with Gasteiger partial charge in [0.2, 0.25) is 0 Å². The number of hydrogen-bond donors (Lipinski definition) is 0. The Morgan fingerprint density at radius 3 is 2.82 bits per heavy atom. The Morgan fingerprint density at radius 2 is 2.29 bits per heavy atom. The molecule has 17 heavy (non-hydrogen) atoms. The van der Waals surface area contributed by atoms with Crippen molar-refractivity contribution in [1.82, 2.24) is 9.97 Å². The standard InChI is InChI=1S/C10H15N3.C4H8/c1-9-3-2-6-13(8-9)10-7-11-4-5-12-10;1-3-4-2/h4-5,7,9H,2-3,6,8H2,1H3;3H,1,4H2,2H3. The van der Waals surface area contributed by atoms with Gasteiger partial charge in [-0.1, -0.05) is 19.9 Å². The summed E-state index contributed by atoms with van der Waals surface area (Å²) in [5, 5.41) is 0. The molecule has 1 fully saturated rings. The van der Waals surface area contributed by atoms with E-state index in [1.165, 1.54) is 12.8 Å². The van der Waals surface area contributed by atoms with Crippen molar-refractivity contribution < 1.29 is 0 Å². The molecular formula is C14H23N3. The maximum absolute atomic E-state index is 4.30. The van der Waals surface area contributed by atoms with E-state index in [-0.39, 0.29) is 0 Å². The van der Waals surface area contributed by atoms with Crippen LogP contribution in [-0.4, -0.2) is 23.1 Å². The fourth-order valence-electron chi connectivity index (χ4n) is 1.85. The summed E-state index contributed by atoms with van der Waals surface area (Å²) in [5.74, 6) is 1.81. The predicted molar refractivity (Wildman–Crippen MR) is 73.1 cm³/mol. The van der Waals surface area contributed by atoms with Gasteiger partial charge in [-0.3, -0.25) is 4.98 Å². The van der Waals surface area contributed by atoms with Gasteiger partial charge in [0.25, 0.3) is 0 Å². The second-order valence-electron chi connectivity index (χ2n) is 4.45. The third kappa shape index (κ3) is 4.98. The molecule has 1 saturated heterocycles. The van der Waals surface area contributed by atoms with Crippen molar-refractivity contribution in [1.29, 1.82) is 0 Å². The largest absolute Gasteiger partial charge is 0.355 e. The molecule has 0 radical (unpaired) electrons. The van der Waals surface area contributed by atoms with Crippen LogP contribution in [0.3, 0.4) is 0 Å². The zero-order chi connectivity index (χ0) is 12.5. The average Bonchev–Trinajstić information content (AvgIpc) is 2.40. The Morgan fingerprint density at radius 1 is 1.53 bits per heavy atom. The van der Waals surface area contributed by atoms with Gasteiger partial charge < -0.3 is 4.90 Å². The summed E-state index contributed by atoms with van der Waals surface area (Å²) in [6, 6.07) is 0. The number of hydrogen-bond acceptors (Lipinski definition) is 3. The Bertz CT molecular complexity index is 311. The highest BCUT2D eigenvalue weighted by atomic mass is 15.2. The molecule has 2 heterocycles. The number of allylic oxidation sites excluding steroid dienone is 1. The van der Waals surface area contributed by atoms with Gasteiger partial charge in [0, 0.05) is 25.5 Å². The van der Waals surface area contributed by atoms with E-state index in [0.717, 1.165) is 31.2 Å². The van der Waals surface area contributed by atoms with Gasteiger partial charge >= 0.3 is 0 Å². The minimum Gasteiger partial charge on any atom is -0.355 e. The molecule has 1 aromatic heterocycles. The highest BCUT2D eigenvalue weighted by molar-refractivity contribution is 5.35. The van der Waals surface area contributed by atoms with Gasteiger partial charge in [-0.15, -0.1) is 6.58 Å². The highest BCUT2D eigenvalue weighted by Crippen LogP contribution is 2.19. The maximum Gasteiger partial charge on any atom is 0.147 e. The first-order chi connectivity index (χ1) is 8.27. The molecular weight excluding hydrogens is 210 g/mol. The molecule has 1 unspecified atom stereocenters. The van der Waals surface area contributed by atoms with Crippen LogP contribution < -0.4 is 4.90 Å². The lowest BCUT2D eigenvalue weighted by Gasteiger charge is -2.31. The van der Waals surface area contributed by atoms with Crippen LogP contribution in [-0.2, 0) is 0 Å². The van der Waals surface area contributed by atoms with Crippen LogP contribution in [0.5, 0.6) is 0 Å². The highest BCUT2D eigenvalue weighted by Gasteiger charge is 2.16. The number of piperidine rings is 1. The molecule has 0 N–H and O–H groups in total. The first kappa shape index (κ1) is 13.7. The number of rotatable bonds is 2. The molecule has 0 bridgehead atoms. The van der Waals surface area contributed by atoms with Crippen LogP contribution in [0.2, 0.25) is 0 Å². The lowest BCUT2D eigenvalue weighted by Crippen LogP contribution is -2.34. The van der Waals surface area contributed by atoms with E-state index in [9.17, 15) is 0 Å². The number of nitrogens with zero attached hydrogens (tertiary/aromatic N) is 3. The van der Waals surface area contributed by atoms with E-state index in [4.69, 9.17) is 0 Å². The molecule has 3 heteroatoms. The van der Waals surface area contributed by atoms with Crippen molar-refractivity contribution in [2.75, 3.05) is 18.0 Å². The van der Waals surface area contributed by atoms with Crippen LogP contribution in [0.25, 0.3) is 0 Å². The molecule has 0 amide bonds. The Balaban J connectivity index is 0.000000317. The third-order valence-corrected chi connectivity index (χ3v) is 2.82. The molecule has 0 aliphatic carbocycles. The summed E-state index contributed by atoms with van der Waals surface area (Å²) in [6.07, 6.45) is 10.9. The fraction of sp³-hybridized carbons (Fsp3) is 0.571. The summed E-state index contributed by atoms with van der Waals surface area (Å²) in [5.41, 5.74) is 0. The monoisotopic (exact) mass is 233 g/mol. The van der Waals surface area contributed by atoms with E-state index in [1.807, 2.05) is 12.3 Å². The van der Waals surface area contributed by atoms with E-state index in [2.05, 4.69) is 35.3 Å². The van der Waals surface area contributed by atoms with Gasteiger partial charge in [-0.05, 0) is 25.2 Å². The third-order valence-electron chi connectivity index (χ3n) is 2.82. The molecule has 1 aliphatic heterocycles. The van der Waals surface area contributed by atoms with Crippen molar-refractivity contribution in [2.45, 2.75) is 33.1 Å². The van der Waals surface area contributed by atoms with Gasteiger partial charge in [0.1, 0.15) is 5.82 Å². The molecule has 1 aliphatic rings. The zero-order valence-corrected chi connectivity index (χ0v) is 11.0. The number of aromatic nitrogens is 2. The lowest BCUT2D eigenvalue weighted by molar-refractivity contribution is 0.444. The van der Waals surface area contributed by atoms with Crippen molar-refractivity contribution in [3.8, 4) is 0 Å². The molecule has 94 valence electrons. The molecule has 1 aromatic rings. The first-order valence-corrected chi connectivity index (χ1v) is 6.39. The normalized spacial score (nSPS) is 19.2. The van der Waals surface area contributed by atoms with E-state index < -0.39 is 0 Å². The lowest BCUT2D eigenvalue weighted by atomic mass is 10.0. The Kier molecular flexibility index (Phi) is 6.30. The molecule has 3 nitrogen and oxygen atoms in total. The summed E-state index contributed by atoms with van der Waals surface area (Å²) < 4.78 is 0. The molecule has 0 saturated carbocycles. The van der Waals surface area contributed by atoms with Gasteiger partial charge in [0.15, 0.2) is 0 Å². The second kappa shape index (κ2) is 7.82. The SMILES string of the molecule is C=CCC.CC1CCCN(c2cnccn2)C1. The topological polar surface area (TPSA) is 29.0 Å². The Labute approximate surface area is 105 Å². The number of anilines is 1. The Hall–Kier alpha value is -1.38. The van der Waals surface area contributed by atoms with Crippen molar-refractivity contribution in [3.63, 3.8) is 0 Å². The van der Waals surface area contributed by atoms with Crippen LogP contribution in [0.4, 0.5) is 5.82 Å². The van der Waals surface area contributed by atoms with Gasteiger partial charge in [0.05, 0.1) is 6.20 Å². The van der Waals surface area contributed by atoms with Crippen LogP contribution in [0.1, 0.15) is 33.1 Å². The second-order valence-corrected chi connectivity index (χ2v) is 4.45. The smallest absolute Gasteiger partial charge is 0.147 e. The first-order valence-electron chi connectivity index (χ1n) is 6.39. The average molecular weight is 233 g/mol. The summed E-state index contributed by atoms with van der Waals surface area (Å²) >= 11 is 0. The van der Waals surface area contributed by atoms with Crippen molar-refractivity contribution in [2.24, 2.45) is 5.92 Å². The van der Waals surface area contributed by atoms with Crippen LogP contribution in [0, 0.1) is 5.92 Å². The van der Waals surface area contributed by atoms with E-state index in [1.54, 1.807) is 12.4 Å². The predicted octanol–water partition coefficient (Wildman–Crippen LogP) is 3.30. The van der Waals surface area contributed by atoms with Gasteiger partial charge in [-0.2, -0.15) is 0 Å². The quantitative estimate of drug-likeness (QED) is 0.734. The van der Waals surface area contributed by atoms with E-state index in [0.29, 0.717) is 0 Å². The minimum atomic E-state index is 0.788. The molecule has 0 spiro atoms. The zero-order valence-electron chi connectivity index (χ0n) is 11.0. The van der Waals surface area contributed by atoms with Crippen molar-refractivity contribution in [3.05, 3.63) is 31.2 Å². The van der Waals surface area contributed by atoms with Crippen molar-refractivity contribution >= 4 is 5.82 Å². The van der Waals surface area contributed by atoms with Crippen LogP contribution >= 0.6 is 0 Å². The maximum atomic E-state index is 4.30. The summed E-state index contributed by atoms with van der Waals surface area (Å²) in [6.45, 7) is 10.1. The molecule has 0 aromatic carbocycles. The van der Waals surface area contributed by atoms with Crippen LogP contribution in [0.15, 0.2) is 31.2 Å². The molecule has 2 rings (SSSR count). The minimum absolute atomic E-state index is 0.788. The summed E-state index contributed by atoms with van der Waals surface area (Å²) in [7, 11) is 0. The summed E-state index contributed by atoms with van der Waals surface area (Å²) in [4.78, 5) is 10.7. The van der Waals surface area contributed by atoms with Gasteiger partial charge in [-0.25, -0.2) is 4.98 Å². The van der Waals surface area contributed by atoms with E-state index >= 15 is 0 Å². The fourth-order valence-corrected chi connectivity index (χ4v) is 1.85.